The van der Waals surface area contributed by atoms with Crippen LogP contribution < -0.4 is 5.56 Å². The fraction of sp³-hybridized carbons (Fsp3) is 0.619. The van der Waals surface area contributed by atoms with Gasteiger partial charge in [0, 0.05) is 25.7 Å². The zero-order chi connectivity index (χ0) is 20.7. The Labute approximate surface area is 176 Å². The van der Waals surface area contributed by atoms with Crippen molar-refractivity contribution < 1.29 is 13.2 Å². The number of para-hydroxylation sites is 1. The van der Waals surface area contributed by atoms with Crippen LogP contribution >= 0.6 is 0 Å². The zero-order valence-corrected chi connectivity index (χ0v) is 17.9. The van der Waals surface area contributed by atoms with Gasteiger partial charge in [-0.25, -0.2) is 4.98 Å². The highest BCUT2D eigenvalue weighted by molar-refractivity contribution is 7.86. The van der Waals surface area contributed by atoms with Crippen LogP contribution in [0.1, 0.15) is 56.4 Å². The predicted molar refractivity (Wildman–Crippen MR) is 114 cm³/mol. The maximum atomic E-state index is 13.5. The Morgan fingerprint density at radius 3 is 2.47 bits per heavy atom. The van der Waals surface area contributed by atoms with Crippen molar-refractivity contribution in [3.8, 4) is 0 Å². The standard InChI is InChI=1S/C21H28N4O4S/c26-21-17-8-3-4-9-18(17)22-20(25(21)16-6-1-2-7-16)19-10-5-11-24(19)30(27,28)23-12-14-29-15-13-23/h3-4,8-9,16,19H,1-2,5-7,10-15H2. The number of hydrogen-bond acceptors (Lipinski definition) is 5. The Morgan fingerprint density at radius 2 is 1.70 bits per heavy atom. The highest BCUT2D eigenvalue weighted by Gasteiger charge is 2.42. The SMILES string of the molecule is O=c1c2ccccc2nc(C2CCCN2S(=O)(=O)N2CCOCC2)n1C1CCCC1. The topological polar surface area (TPSA) is 84.7 Å². The molecule has 2 aliphatic heterocycles. The van der Waals surface area contributed by atoms with Gasteiger partial charge in [0.05, 0.1) is 30.2 Å². The van der Waals surface area contributed by atoms with E-state index in [4.69, 9.17) is 9.72 Å². The Hall–Kier alpha value is -1.81. The normalized spacial score (nSPS) is 24.7. The number of benzene rings is 1. The first-order valence-electron chi connectivity index (χ1n) is 10.9. The number of hydrogen-bond donors (Lipinski definition) is 0. The van der Waals surface area contributed by atoms with Crippen molar-refractivity contribution in [3.05, 3.63) is 40.4 Å². The molecule has 9 heteroatoms. The highest BCUT2D eigenvalue weighted by atomic mass is 32.2. The third-order valence-corrected chi connectivity index (χ3v) is 8.67. The molecule has 1 unspecified atom stereocenters. The molecule has 5 rings (SSSR count). The summed E-state index contributed by atoms with van der Waals surface area (Å²) in [5.41, 5.74) is 0.598. The summed E-state index contributed by atoms with van der Waals surface area (Å²) in [6.45, 7) is 2.02. The van der Waals surface area contributed by atoms with Crippen molar-refractivity contribution in [1.82, 2.24) is 18.2 Å². The lowest BCUT2D eigenvalue weighted by molar-refractivity contribution is 0.0697. The van der Waals surface area contributed by atoms with Gasteiger partial charge >= 0.3 is 0 Å². The molecular formula is C21H28N4O4S. The van der Waals surface area contributed by atoms with E-state index < -0.39 is 16.3 Å². The summed E-state index contributed by atoms with van der Waals surface area (Å²) >= 11 is 0. The minimum atomic E-state index is -3.63. The van der Waals surface area contributed by atoms with E-state index >= 15 is 0 Å². The number of rotatable bonds is 4. The molecule has 8 nitrogen and oxygen atoms in total. The molecule has 0 bridgehead atoms. The number of aromatic nitrogens is 2. The Kier molecular flexibility index (Phi) is 5.38. The Morgan fingerprint density at radius 1 is 0.967 bits per heavy atom. The van der Waals surface area contributed by atoms with Gasteiger partial charge in [0.1, 0.15) is 5.82 Å². The smallest absolute Gasteiger partial charge is 0.282 e. The summed E-state index contributed by atoms with van der Waals surface area (Å²) in [4.78, 5) is 18.4. The molecule has 0 spiro atoms. The molecule has 3 heterocycles. The number of morpholine rings is 1. The monoisotopic (exact) mass is 432 g/mol. The van der Waals surface area contributed by atoms with E-state index in [0.29, 0.717) is 56.0 Å². The first kappa shape index (κ1) is 20.1. The molecular weight excluding hydrogens is 404 g/mol. The Bertz CT molecular complexity index is 1090. The molecule has 1 aliphatic carbocycles. The van der Waals surface area contributed by atoms with Crippen LogP contribution in [0.5, 0.6) is 0 Å². The molecule has 1 aromatic carbocycles. The fourth-order valence-electron chi connectivity index (χ4n) is 5.11. The summed E-state index contributed by atoms with van der Waals surface area (Å²) in [5, 5.41) is 0.605. The van der Waals surface area contributed by atoms with Gasteiger partial charge < -0.3 is 4.74 Å². The highest BCUT2D eigenvalue weighted by Crippen LogP contribution is 2.38. The van der Waals surface area contributed by atoms with Crippen LogP contribution in [0.2, 0.25) is 0 Å². The Balaban J connectivity index is 1.62. The quantitative estimate of drug-likeness (QED) is 0.740. The largest absolute Gasteiger partial charge is 0.379 e. The van der Waals surface area contributed by atoms with E-state index in [0.717, 1.165) is 32.1 Å². The number of fused-ring (bicyclic) bond motifs is 1. The molecule has 162 valence electrons. The molecule has 1 atom stereocenters. The van der Waals surface area contributed by atoms with Crippen LogP contribution in [0, 0.1) is 0 Å². The van der Waals surface area contributed by atoms with Crippen molar-refractivity contribution in [2.45, 2.75) is 50.6 Å². The van der Waals surface area contributed by atoms with Crippen LogP contribution in [0.25, 0.3) is 10.9 Å². The molecule has 1 saturated carbocycles. The van der Waals surface area contributed by atoms with Gasteiger partial charge in [-0.1, -0.05) is 25.0 Å². The van der Waals surface area contributed by atoms with Gasteiger partial charge in [-0.3, -0.25) is 9.36 Å². The summed E-state index contributed by atoms with van der Waals surface area (Å²) in [7, 11) is -3.63. The molecule has 0 amide bonds. The predicted octanol–water partition coefficient (Wildman–Crippen LogP) is 2.23. The molecule has 2 aromatic rings. The van der Waals surface area contributed by atoms with Crippen LogP contribution in [-0.2, 0) is 14.9 Å². The van der Waals surface area contributed by atoms with Crippen molar-refractivity contribution in [2.75, 3.05) is 32.8 Å². The minimum Gasteiger partial charge on any atom is -0.379 e. The van der Waals surface area contributed by atoms with Crippen molar-refractivity contribution in [1.29, 1.82) is 0 Å². The molecule has 3 aliphatic rings. The number of ether oxygens (including phenoxy) is 1. The average Bonchev–Trinajstić information content (AvgIpc) is 3.47. The summed E-state index contributed by atoms with van der Waals surface area (Å²) < 4.78 is 37.1. The van der Waals surface area contributed by atoms with Gasteiger partial charge in [-0.05, 0) is 37.8 Å². The van der Waals surface area contributed by atoms with E-state index in [1.165, 1.54) is 4.31 Å². The second-order valence-corrected chi connectivity index (χ2v) is 10.3. The van der Waals surface area contributed by atoms with E-state index in [1.807, 2.05) is 28.8 Å². The van der Waals surface area contributed by atoms with Crippen LogP contribution in [-0.4, -0.2) is 59.4 Å². The van der Waals surface area contributed by atoms with Gasteiger partial charge in [0.25, 0.3) is 15.8 Å². The van der Waals surface area contributed by atoms with Gasteiger partial charge in [0.15, 0.2) is 0 Å². The van der Waals surface area contributed by atoms with Crippen LogP contribution in [0.3, 0.4) is 0 Å². The molecule has 30 heavy (non-hydrogen) atoms. The first-order chi connectivity index (χ1) is 14.6. The number of nitrogens with zero attached hydrogens (tertiary/aromatic N) is 4. The second kappa shape index (κ2) is 8.03. The third-order valence-electron chi connectivity index (χ3n) is 6.62. The maximum Gasteiger partial charge on any atom is 0.282 e. The lowest BCUT2D eigenvalue weighted by atomic mass is 10.1. The van der Waals surface area contributed by atoms with Gasteiger partial charge in [-0.2, -0.15) is 17.0 Å². The molecule has 1 aromatic heterocycles. The van der Waals surface area contributed by atoms with E-state index in [9.17, 15) is 13.2 Å². The van der Waals surface area contributed by atoms with E-state index in [-0.39, 0.29) is 11.6 Å². The van der Waals surface area contributed by atoms with Crippen molar-refractivity contribution >= 4 is 21.1 Å². The zero-order valence-electron chi connectivity index (χ0n) is 17.1. The lowest BCUT2D eigenvalue weighted by Gasteiger charge is -2.33. The van der Waals surface area contributed by atoms with Crippen molar-refractivity contribution in [2.24, 2.45) is 0 Å². The minimum absolute atomic E-state index is 0.0434. The van der Waals surface area contributed by atoms with Gasteiger partial charge in [0.2, 0.25) is 0 Å². The summed E-state index contributed by atoms with van der Waals surface area (Å²) in [6, 6.07) is 7.07. The second-order valence-electron chi connectivity index (χ2n) is 8.39. The van der Waals surface area contributed by atoms with E-state index in [2.05, 4.69) is 0 Å². The lowest BCUT2D eigenvalue weighted by Crippen LogP contribution is -2.49. The van der Waals surface area contributed by atoms with E-state index in [1.54, 1.807) is 4.31 Å². The van der Waals surface area contributed by atoms with Crippen molar-refractivity contribution in [3.63, 3.8) is 0 Å². The van der Waals surface area contributed by atoms with Crippen LogP contribution in [0.4, 0.5) is 0 Å². The molecule has 0 radical (unpaired) electrons. The van der Waals surface area contributed by atoms with Crippen LogP contribution in [0.15, 0.2) is 29.1 Å². The molecule has 3 fully saturated rings. The summed E-state index contributed by atoms with van der Waals surface area (Å²) in [5.74, 6) is 0.611. The average molecular weight is 433 g/mol. The molecule has 0 N–H and O–H groups in total. The fourth-order valence-corrected chi connectivity index (χ4v) is 6.90. The summed E-state index contributed by atoms with van der Waals surface area (Å²) in [6.07, 6.45) is 5.50. The first-order valence-corrected chi connectivity index (χ1v) is 12.3. The maximum absolute atomic E-state index is 13.5. The third kappa shape index (κ3) is 3.37. The molecule has 2 saturated heterocycles. The van der Waals surface area contributed by atoms with Gasteiger partial charge in [-0.15, -0.1) is 0 Å².